The smallest absolute Gasteiger partial charge is 0.331 e. The van der Waals surface area contributed by atoms with E-state index in [-0.39, 0.29) is 0 Å². The first-order valence-electron chi connectivity index (χ1n) is 5.58. The van der Waals surface area contributed by atoms with E-state index in [9.17, 15) is 9.59 Å². The van der Waals surface area contributed by atoms with Crippen LogP contribution in [0.3, 0.4) is 0 Å². The number of carboxylic acid groups (broad SMARTS) is 1. The van der Waals surface area contributed by atoms with Gasteiger partial charge >= 0.3 is 11.9 Å². The van der Waals surface area contributed by atoms with Gasteiger partial charge in [0.1, 0.15) is 5.60 Å². The summed E-state index contributed by atoms with van der Waals surface area (Å²) in [6.07, 6.45) is 5.89. The third-order valence-corrected chi connectivity index (χ3v) is 3.30. The molecule has 0 amide bonds. The highest BCUT2D eigenvalue weighted by Gasteiger charge is 2.36. The molecule has 0 aromatic heterocycles. The fraction of sp³-hybridized carbons (Fsp3) is 0.667. The Hall–Kier alpha value is -1.32. The van der Waals surface area contributed by atoms with Crippen LogP contribution in [0.1, 0.15) is 39.5 Å². The van der Waals surface area contributed by atoms with Crippen LogP contribution in [-0.4, -0.2) is 22.6 Å². The highest BCUT2D eigenvalue weighted by Crippen LogP contribution is 2.36. The lowest BCUT2D eigenvalue weighted by molar-refractivity contribution is -0.160. The largest absolute Gasteiger partial charge is 0.478 e. The van der Waals surface area contributed by atoms with Crippen LogP contribution >= 0.6 is 0 Å². The number of carbonyl (C=O) groups is 2. The Balaban J connectivity index is 2.57. The summed E-state index contributed by atoms with van der Waals surface area (Å²) in [5, 5.41) is 8.39. The maximum absolute atomic E-state index is 11.4. The van der Waals surface area contributed by atoms with Gasteiger partial charge in [0.2, 0.25) is 0 Å². The fourth-order valence-corrected chi connectivity index (χ4v) is 2.03. The Labute approximate surface area is 95.3 Å². The van der Waals surface area contributed by atoms with Gasteiger partial charge in [-0.05, 0) is 32.1 Å². The van der Waals surface area contributed by atoms with E-state index >= 15 is 0 Å². The lowest BCUT2D eigenvalue weighted by Gasteiger charge is -2.38. The Kier molecular flexibility index (Phi) is 4.10. The van der Waals surface area contributed by atoms with Gasteiger partial charge in [-0.1, -0.05) is 13.3 Å². The molecule has 0 aliphatic heterocycles. The van der Waals surface area contributed by atoms with E-state index in [1.807, 2.05) is 6.92 Å². The van der Waals surface area contributed by atoms with Crippen molar-refractivity contribution in [1.29, 1.82) is 0 Å². The number of hydrogen-bond donors (Lipinski definition) is 1. The lowest BCUT2D eigenvalue weighted by Crippen LogP contribution is -2.40. The number of carbonyl (C=O) groups excluding carboxylic acids is 1. The van der Waals surface area contributed by atoms with Crippen LogP contribution in [0.2, 0.25) is 0 Å². The standard InChI is InChI=1S/C12H18O4/c1-9-5-3-4-8-12(9,2)16-11(15)7-6-10(13)14/h6-7,9H,3-5,8H2,1-2H3,(H,13,14)/b7-6-. The monoisotopic (exact) mass is 226 g/mol. The highest BCUT2D eigenvalue weighted by molar-refractivity contribution is 5.90. The molecular formula is C12H18O4. The second-order valence-corrected chi connectivity index (χ2v) is 4.55. The molecule has 0 spiro atoms. The van der Waals surface area contributed by atoms with Crippen molar-refractivity contribution < 1.29 is 19.4 Å². The van der Waals surface area contributed by atoms with E-state index in [2.05, 4.69) is 6.92 Å². The average Bonchev–Trinajstić information content (AvgIpc) is 2.20. The number of ether oxygens (including phenoxy) is 1. The molecule has 1 fully saturated rings. The number of aliphatic carboxylic acids is 1. The van der Waals surface area contributed by atoms with Crippen LogP contribution in [0.4, 0.5) is 0 Å². The molecule has 90 valence electrons. The molecule has 0 aromatic rings. The van der Waals surface area contributed by atoms with E-state index in [1.54, 1.807) is 0 Å². The van der Waals surface area contributed by atoms with Crippen molar-refractivity contribution in [2.75, 3.05) is 0 Å². The molecule has 2 unspecified atom stereocenters. The molecule has 0 heterocycles. The quantitative estimate of drug-likeness (QED) is 0.591. The van der Waals surface area contributed by atoms with Crippen LogP contribution in [0.5, 0.6) is 0 Å². The van der Waals surface area contributed by atoms with Gasteiger partial charge in [-0.2, -0.15) is 0 Å². The minimum absolute atomic E-state index is 0.323. The molecule has 0 aromatic carbocycles. The predicted octanol–water partition coefficient (Wildman–Crippen LogP) is 2.14. The van der Waals surface area contributed by atoms with E-state index in [4.69, 9.17) is 9.84 Å². The van der Waals surface area contributed by atoms with Crippen molar-refractivity contribution >= 4 is 11.9 Å². The first kappa shape index (κ1) is 12.7. The van der Waals surface area contributed by atoms with Crippen molar-refractivity contribution in [1.82, 2.24) is 0 Å². The van der Waals surface area contributed by atoms with E-state index in [0.717, 1.165) is 31.4 Å². The minimum atomic E-state index is -1.14. The van der Waals surface area contributed by atoms with E-state index in [0.29, 0.717) is 5.92 Å². The van der Waals surface area contributed by atoms with E-state index in [1.165, 1.54) is 6.42 Å². The minimum Gasteiger partial charge on any atom is -0.478 e. The van der Waals surface area contributed by atoms with Crippen LogP contribution in [-0.2, 0) is 14.3 Å². The van der Waals surface area contributed by atoms with Gasteiger partial charge in [0.25, 0.3) is 0 Å². The van der Waals surface area contributed by atoms with Gasteiger partial charge < -0.3 is 9.84 Å². The maximum atomic E-state index is 11.4. The van der Waals surface area contributed by atoms with Crippen LogP contribution in [0.15, 0.2) is 12.2 Å². The Morgan fingerprint density at radius 2 is 2.06 bits per heavy atom. The summed E-state index contributed by atoms with van der Waals surface area (Å²) in [5.41, 5.74) is -0.446. The number of carboxylic acids is 1. The van der Waals surface area contributed by atoms with Gasteiger partial charge in [0.15, 0.2) is 0 Å². The van der Waals surface area contributed by atoms with Gasteiger partial charge in [-0.25, -0.2) is 9.59 Å². The summed E-state index contributed by atoms with van der Waals surface area (Å²) in [6.45, 7) is 3.98. The first-order chi connectivity index (χ1) is 7.44. The Morgan fingerprint density at radius 3 is 2.62 bits per heavy atom. The van der Waals surface area contributed by atoms with Crippen molar-refractivity contribution in [2.45, 2.75) is 45.1 Å². The Morgan fingerprint density at radius 1 is 1.38 bits per heavy atom. The predicted molar refractivity (Wildman–Crippen MR) is 58.9 cm³/mol. The van der Waals surface area contributed by atoms with Gasteiger partial charge in [0.05, 0.1) is 0 Å². The average molecular weight is 226 g/mol. The Bertz CT molecular complexity index is 308. The first-order valence-corrected chi connectivity index (χ1v) is 5.58. The van der Waals surface area contributed by atoms with Crippen molar-refractivity contribution in [2.24, 2.45) is 5.92 Å². The highest BCUT2D eigenvalue weighted by atomic mass is 16.6. The summed E-state index contributed by atoms with van der Waals surface area (Å²) in [4.78, 5) is 21.6. The van der Waals surface area contributed by atoms with E-state index < -0.39 is 17.5 Å². The molecule has 1 aliphatic rings. The molecule has 2 atom stereocenters. The molecule has 0 radical (unpaired) electrons. The molecule has 1 aliphatic carbocycles. The molecule has 4 heteroatoms. The zero-order chi connectivity index (χ0) is 12.2. The SMILES string of the molecule is CC1CCCCC1(C)OC(=O)/C=C\C(=O)O. The number of rotatable bonds is 3. The third-order valence-electron chi connectivity index (χ3n) is 3.30. The maximum Gasteiger partial charge on any atom is 0.331 e. The number of hydrogen-bond acceptors (Lipinski definition) is 3. The second kappa shape index (κ2) is 5.14. The molecule has 16 heavy (non-hydrogen) atoms. The molecule has 0 saturated heterocycles. The molecular weight excluding hydrogens is 208 g/mol. The van der Waals surface area contributed by atoms with Gasteiger partial charge in [-0.15, -0.1) is 0 Å². The van der Waals surface area contributed by atoms with Crippen molar-refractivity contribution in [3.05, 3.63) is 12.2 Å². The summed E-state index contributed by atoms with van der Waals surface area (Å²) in [5.74, 6) is -1.39. The second-order valence-electron chi connectivity index (χ2n) is 4.55. The van der Waals surface area contributed by atoms with Gasteiger partial charge in [-0.3, -0.25) is 0 Å². The zero-order valence-electron chi connectivity index (χ0n) is 9.73. The van der Waals surface area contributed by atoms with Crippen molar-refractivity contribution in [3.63, 3.8) is 0 Å². The zero-order valence-corrected chi connectivity index (χ0v) is 9.73. The molecule has 1 N–H and O–H groups in total. The molecule has 4 nitrogen and oxygen atoms in total. The molecule has 1 saturated carbocycles. The number of esters is 1. The summed E-state index contributed by atoms with van der Waals surface area (Å²) in [6, 6.07) is 0. The molecule has 0 bridgehead atoms. The third kappa shape index (κ3) is 3.36. The van der Waals surface area contributed by atoms with Crippen LogP contribution in [0, 0.1) is 5.92 Å². The van der Waals surface area contributed by atoms with Gasteiger partial charge in [0, 0.05) is 12.2 Å². The summed E-state index contributed by atoms with van der Waals surface area (Å²) in [7, 11) is 0. The summed E-state index contributed by atoms with van der Waals surface area (Å²) < 4.78 is 5.35. The fourth-order valence-electron chi connectivity index (χ4n) is 2.03. The lowest BCUT2D eigenvalue weighted by atomic mass is 9.77. The van der Waals surface area contributed by atoms with Crippen molar-refractivity contribution in [3.8, 4) is 0 Å². The molecule has 1 rings (SSSR count). The normalized spacial score (nSPS) is 30.2. The van der Waals surface area contributed by atoms with Crippen LogP contribution < -0.4 is 0 Å². The van der Waals surface area contributed by atoms with Crippen LogP contribution in [0.25, 0.3) is 0 Å². The topological polar surface area (TPSA) is 63.6 Å². The summed E-state index contributed by atoms with van der Waals surface area (Å²) >= 11 is 0.